The maximum Gasteiger partial charge on any atom is 0.616 e. The minimum Gasteiger partial charge on any atom is -0.389 e. The molecule has 0 radical (unpaired) electrons. The lowest BCUT2D eigenvalue weighted by molar-refractivity contribution is 0.140. The number of nitriles is 1. The summed E-state index contributed by atoms with van der Waals surface area (Å²) in [5.41, 5.74) is 2.35. The molecule has 2 N–H and O–H groups in total. The van der Waals surface area contributed by atoms with Gasteiger partial charge in [-0.05, 0) is 39.9 Å². The van der Waals surface area contributed by atoms with E-state index in [1.807, 2.05) is 31.2 Å². The van der Waals surface area contributed by atoms with Gasteiger partial charge < -0.3 is 10.2 Å². The lowest BCUT2D eigenvalue weighted by atomic mass is 10.0. The number of aryl methyl sites for hydroxylation is 1. The first-order valence-corrected chi connectivity index (χ1v) is 8.70. The van der Waals surface area contributed by atoms with Crippen molar-refractivity contribution < 1.29 is 19.4 Å². The van der Waals surface area contributed by atoms with Gasteiger partial charge in [-0.25, -0.2) is 0 Å². The SMILES string of the molecule is Cc1ccccc1C(C#N)=C1C=CC(=NO[P+](=O)C(O)CO)S1. The third-order valence-electron chi connectivity index (χ3n) is 2.98. The molecule has 0 aromatic heterocycles. The molecule has 2 rings (SSSR count). The number of aliphatic hydroxyl groups is 2. The lowest BCUT2D eigenvalue weighted by Crippen LogP contribution is -2.06. The smallest absolute Gasteiger partial charge is 0.389 e. The van der Waals surface area contributed by atoms with E-state index in [2.05, 4.69) is 15.8 Å². The van der Waals surface area contributed by atoms with Crippen LogP contribution in [0.4, 0.5) is 0 Å². The molecule has 6 nitrogen and oxygen atoms in total. The highest BCUT2D eigenvalue weighted by molar-refractivity contribution is 8.18. The van der Waals surface area contributed by atoms with E-state index in [0.29, 0.717) is 15.5 Å². The molecule has 1 aliphatic rings. The highest BCUT2D eigenvalue weighted by Gasteiger charge is 2.31. The van der Waals surface area contributed by atoms with E-state index in [1.165, 1.54) is 11.8 Å². The normalized spacial score (nSPS) is 19.4. The van der Waals surface area contributed by atoms with Crippen molar-refractivity contribution in [2.45, 2.75) is 12.8 Å². The van der Waals surface area contributed by atoms with Crippen molar-refractivity contribution in [2.75, 3.05) is 6.61 Å². The minimum absolute atomic E-state index is 0.412. The predicted octanol–water partition coefficient (Wildman–Crippen LogP) is 2.92. The molecule has 1 aliphatic heterocycles. The summed E-state index contributed by atoms with van der Waals surface area (Å²) in [4.78, 5) is 0.710. The van der Waals surface area contributed by atoms with Crippen LogP contribution in [0.15, 0.2) is 46.5 Å². The molecule has 0 aliphatic carbocycles. The number of oxime groups is 1. The fourth-order valence-electron chi connectivity index (χ4n) is 1.81. The van der Waals surface area contributed by atoms with Crippen molar-refractivity contribution in [2.24, 2.45) is 5.16 Å². The highest BCUT2D eigenvalue weighted by atomic mass is 32.2. The average Bonchev–Trinajstić information content (AvgIpc) is 3.03. The third-order valence-corrected chi connectivity index (χ3v) is 4.85. The van der Waals surface area contributed by atoms with Crippen molar-refractivity contribution in [3.05, 3.63) is 52.4 Å². The fourth-order valence-corrected chi connectivity index (χ4v) is 3.11. The Kier molecular flexibility index (Phi) is 6.08. The van der Waals surface area contributed by atoms with Crippen molar-refractivity contribution in [3.63, 3.8) is 0 Å². The number of benzene rings is 1. The number of thioether (sulfide) groups is 1. The van der Waals surface area contributed by atoms with Crippen LogP contribution in [0.2, 0.25) is 0 Å². The molecule has 1 aromatic rings. The van der Waals surface area contributed by atoms with Gasteiger partial charge in [0.05, 0.1) is 5.57 Å². The average molecular weight is 349 g/mol. The van der Waals surface area contributed by atoms with Gasteiger partial charge in [-0.3, -0.25) is 0 Å². The van der Waals surface area contributed by atoms with Crippen LogP contribution < -0.4 is 0 Å². The van der Waals surface area contributed by atoms with Gasteiger partial charge in [0.2, 0.25) is 0 Å². The predicted molar refractivity (Wildman–Crippen MR) is 89.7 cm³/mol. The molecule has 23 heavy (non-hydrogen) atoms. The Balaban J connectivity index is 2.18. The molecule has 0 spiro atoms. The molecule has 0 fully saturated rings. The minimum atomic E-state index is -2.50. The van der Waals surface area contributed by atoms with Gasteiger partial charge in [-0.1, -0.05) is 36.0 Å². The summed E-state index contributed by atoms with van der Waals surface area (Å²) in [6.45, 7) is 1.26. The molecular weight excluding hydrogens is 335 g/mol. The monoisotopic (exact) mass is 349 g/mol. The summed E-state index contributed by atoms with van der Waals surface area (Å²) in [5.74, 6) is -1.47. The molecule has 0 saturated carbocycles. The van der Waals surface area contributed by atoms with Crippen LogP contribution in [0, 0.1) is 18.3 Å². The molecule has 2 unspecified atom stereocenters. The zero-order chi connectivity index (χ0) is 16.8. The summed E-state index contributed by atoms with van der Waals surface area (Å²) in [5, 5.41) is 31.3. The Labute approximate surface area is 138 Å². The van der Waals surface area contributed by atoms with Crippen LogP contribution in [-0.4, -0.2) is 27.7 Å². The van der Waals surface area contributed by atoms with Crippen molar-refractivity contribution in [3.8, 4) is 6.07 Å². The molecule has 0 saturated heterocycles. The van der Waals surface area contributed by atoms with Gasteiger partial charge in [0, 0.05) is 4.91 Å². The number of hydrogen-bond donors (Lipinski definition) is 2. The van der Waals surface area contributed by atoms with Crippen LogP contribution in [0.1, 0.15) is 11.1 Å². The Hall–Kier alpha value is -1.97. The number of rotatable bonds is 5. The first-order valence-electron chi connectivity index (χ1n) is 6.63. The second kappa shape index (κ2) is 8.04. The molecule has 1 heterocycles. The maximum atomic E-state index is 11.4. The Bertz CT molecular complexity index is 752. The second-order valence-corrected chi connectivity index (χ2v) is 6.95. The van der Waals surface area contributed by atoms with Gasteiger partial charge in [0.25, 0.3) is 0 Å². The largest absolute Gasteiger partial charge is 0.616 e. The summed E-state index contributed by atoms with van der Waals surface area (Å²) in [7, 11) is -2.50. The molecule has 0 amide bonds. The van der Waals surface area contributed by atoms with E-state index in [0.717, 1.165) is 11.1 Å². The zero-order valence-corrected chi connectivity index (χ0v) is 13.9. The van der Waals surface area contributed by atoms with E-state index in [1.54, 1.807) is 12.2 Å². The van der Waals surface area contributed by atoms with Gasteiger partial charge in [0.1, 0.15) is 17.7 Å². The number of aliphatic hydroxyl groups excluding tert-OH is 2. The van der Waals surface area contributed by atoms with E-state index in [4.69, 9.17) is 10.2 Å². The summed E-state index contributed by atoms with van der Waals surface area (Å²) in [6.07, 6.45) is 3.36. The van der Waals surface area contributed by atoms with E-state index < -0.39 is 20.5 Å². The van der Waals surface area contributed by atoms with E-state index in [-0.39, 0.29) is 0 Å². The second-order valence-electron chi connectivity index (χ2n) is 4.56. The van der Waals surface area contributed by atoms with Crippen molar-refractivity contribution in [1.29, 1.82) is 5.26 Å². The lowest BCUT2D eigenvalue weighted by Gasteiger charge is -2.05. The highest BCUT2D eigenvalue weighted by Crippen LogP contribution is 2.36. The number of hydrogen-bond acceptors (Lipinski definition) is 7. The Morgan fingerprint density at radius 2 is 2.22 bits per heavy atom. The molecule has 8 heteroatoms. The zero-order valence-electron chi connectivity index (χ0n) is 12.2. The Morgan fingerprint density at radius 1 is 1.48 bits per heavy atom. The molecule has 2 atom stereocenters. The van der Waals surface area contributed by atoms with Gasteiger partial charge in [-0.2, -0.15) is 5.26 Å². The van der Waals surface area contributed by atoms with Crippen LogP contribution in [0.3, 0.4) is 0 Å². The van der Waals surface area contributed by atoms with Crippen molar-refractivity contribution in [1.82, 2.24) is 0 Å². The summed E-state index contributed by atoms with van der Waals surface area (Å²) >= 11 is 1.21. The molecule has 1 aromatic carbocycles. The first-order chi connectivity index (χ1) is 11.1. The van der Waals surface area contributed by atoms with Gasteiger partial charge >= 0.3 is 13.9 Å². The molecule has 0 bridgehead atoms. The standard InChI is InChI=1S/C15H14N2O4PS/c1-10-4-2-3-5-11(10)12(8-16)13-6-7-14(23-13)17-21-22(20)15(19)9-18/h2-7,15,18-19H,9H2,1H3/q+1. The Morgan fingerprint density at radius 3 is 2.87 bits per heavy atom. The van der Waals surface area contributed by atoms with Crippen LogP contribution in [0.5, 0.6) is 0 Å². The topological polar surface area (TPSA) is 103 Å². The molecular formula is C15H14N2O4PS+. The quantitative estimate of drug-likeness (QED) is 0.481. The number of allylic oxidation sites excluding steroid dienone is 2. The van der Waals surface area contributed by atoms with E-state index >= 15 is 0 Å². The number of nitrogens with zero attached hydrogens (tertiary/aromatic N) is 2. The molecule has 118 valence electrons. The van der Waals surface area contributed by atoms with Crippen LogP contribution in [-0.2, 0) is 9.19 Å². The van der Waals surface area contributed by atoms with Crippen LogP contribution >= 0.6 is 19.8 Å². The van der Waals surface area contributed by atoms with Crippen LogP contribution in [0.25, 0.3) is 5.57 Å². The summed E-state index contributed by atoms with van der Waals surface area (Å²) in [6, 6.07) is 9.76. The fraction of sp³-hybridized carbons (Fsp3) is 0.200. The van der Waals surface area contributed by atoms with E-state index in [9.17, 15) is 9.83 Å². The van der Waals surface area contributed by atoms with Crippen molar-refractivity contribution >= 4 is 30.4 Å². The first kappa shape index (κ1) is 17.4. The maximum absolute atomic E-state index is 11.4. The van der Waals surface area contributed by atoms with Gasteiger partial charge in [-0.15, -0.1) is 4.62 Å². The third kappa shape index (κ3) is 4.27. The summed E-state index contributed by atoms with van der Waals surface area (Å²) < 4.78 is 16.1. The van der Waals surface area contributed by atoms with Gasteiger partial charge in [0.15, 0.2) is 0 Å².